The van der Waals surface area contributed by atoms with Crippen LogP contribution >= 0.6 is 22.9 Å². The van der Waals surface area contributed by atoms with E-state index in [1.807, 2.05) is 22.9 Å². The first-order chi connectivity index (χ1) is 5.24. The van der Waals surface area contributed by atoms with Crippen molar-refractivity contribution in [3.63, 3.8) is 0 Å². The maximum absolute atomic E-state index is 10.5. The van der Waals surface area contributed by atoms with E-state index in [-0.39, 0.29) is 0 Å². The number of nitrogens with zero attached hydrogens (tertiary/aromatic N) is 1. The summed E-state index contributed by atoms with van der Waals surface area (Å²) in [6.07, 6.45) is 3.20. The minimum Gasteiger partial charge on any atom is -0.289 e. The fourth-order valence-electron chi connectivity index (χ4n) is 0.698. The molecule has 4 nitrogen and oxygen atoms in total. The quantitative estimate of drug-likeness (QED) is 0.493. The normalized spacial score (nSPS) is 13.3. The van der Waals surface area contributed by atoms with Gasteiger partial charge in [0, 0.05) is 41.8 Å². The molecule has 0 aliphatic rings. The molecule has 1 rings (SSSR count). The number of halogens is 1. The van der Waals surface area contributed by atoms with Crippen LogP contribution in [0.15, 0.2) is 18.5 Å². The van der Waals surface area contributed by atoms with Crippen LogP contribution in [0.5, 0.6) is 0 Å². The summed E-state index contributed by atoms with van der Waals surface area (Å²) in [4.78, 5) is 0. The lowest BCUT2D eigenvalue weighted by atomic mass is 10.4. The van der Waals surface area contributed by atoms with Crippen molar-refractivity contribution >= 4 is 34.1 Å². The van der Waals surface area contributed by atoms with Crippen LogP contribution in [0.2, 0.25) is 0 Å². The molecule has 1 aromatic heterocycles. The molecule has 0 aromatic carbocycles. The van der Waals surface area contributed by atoms with Crippen molar-refractivity contribution in [3.8, 4) is 0 Å². The second-order valence-corrected chi connectivity index (χ2v) is 3.57. The highest BCUT2D eigenvalue weighted by Crippen LogP contribution is 2.01. The van der Waals surface area contributed by atoms with Crippen LogP contribution in [0.3, 0.4) is 0 Å². The Balaban J connectivity index is 2.73. The fourth-order valence-corrected chi connectivity index (χ4v) is 1.53. The maximum atomic E-state index is 10.5. The van der Waals surface area contributed by atoms with E-state index in [4.69, 9.17) is 4.55 Å². The second-order valence-electron chi connectivity index (χ2n) is 1.92. The molecule has 0 radical (unpaired) electrons. The predicted octanol–water partition coefficient (Wildman–Crippen LogP) is 0.913. The van der Waals surface area contributed by atoms with Gasteiger partial charge in [-0.15, -0.1) is 0 Å². The highest BCUT2D eigenvalue weighted by Gasteiger charge is 1.98. The molecule has 0 spiro atoms. The summed E-state index contributed by atoms with van der Waals surface area (Å²) in [6.45, 7) is 0.699. The molecule has 0 saturated heterocycles. The van der Waals surface area contributed by atoms with E-state index in [0.717, 1.165) is 5.56 Å². The van der Waals surface area contributed by atoms with Crippen LogP contribution in [0, 0.1) is 0 Å². The molecule has 0 fully saturated rings. The van der Waals surface area contributed by atoms with E-state index in [0.29, 0.717) is 6.54 Å². The Labute approximate surface area is 80.9 Å². The number of nitrogens with one attached hydrogen (secondary N) is 1. The monoisotopic (exact) mass is 286 g/mol. The highest BCUT2D eigenvalue weighted by molar-refractivity contribution is 14.1. The summed E-state index contributed by atoms with van der Waals surface area (Å²) in [7, 11) is 0. The molecule has 0 aliphatic carbocycles. The molecule has 1 aromatic rings. The zero-order valence-electron chi connectivity index (χ0n) is 5.53. The highest BCUT2D eigenvalue weighted by atomic mass is 127. The van der Waals surface area contributed by atoms with E-state index < -0.39 is 11.3 Å². The van der Waals surface area contributed by atoms with Crippen molar-refractivity contribution in [2.24, 2.45) is 0 Å². The standard InChI is InChI=1S/C5H7IN2O2S/c6-7-3-5-1-2-8(4-5)11(9)10/h1-2,4,7H,3H2,(H,9,10). The predicted molar refractivity (Wildman–Crippen MR) is 51.5 cm³/mol. The Morgan fingerprint density at radius 3 is 3.00 bits per heavy atom. The van der Waals surface area contributed by atoms with E-state index in [9.17, 15) is 4.21 Å². The van der Waals surface area contributed by atoms with Crippen molar-refractivity contribution in [1.82, 2.24) is 7.50 Å². The number of hydrogen-bond acceptors (Lipinski definition) is 2. The molecule has 62 valence electrons. The van der Waals surface area contributed by atoms with Crippen LogP contribution in [0.1, 0.15) is 5.56 Å². The average Bonchev–Trinajstić information content (AvgIpc) is 2.37. The van der Waals surface area contributed by atoms with Gasteiger partial charge in [0.25, 0.3) is 11.3 Å². The van der Waals surface area contributed by atoms with Gasteiger partial charge in [-0.05, 0) is 11.6 Å². The van der Waals surface area contributed by atoms with Gasteiger partial charge in [-0.25, -0.2) is 4.21 Å². The van der Waals surface area contributed by atoms with Gasteiger partial charge in [-0.2, -0.15) is 0 Å². The Kier molecular flexibility index (Phi) is 3.49. The molecule has 6 heteroatoms. The lowest BCUT2D eigenvalue weighted by Crippen LogP contribution is -1.99. The van der Waals surface area contributed by atoms with Gasteiger partial charge in [-0.3, -0.25) is 12.1 Å². The molecule has 0 saturated carbocycles. The Morgan fingerprint density at radius 1 is 1.82 bits per heavy atom. The van der Waals surface area contributed by atoms with Gasteiger partial charge in [0.15, 0.2) is 0 Å². The summed E-state index contributed by atoms with van der Waals surface area (Å²) >= 11 is 0.0947. The minimum absolute atomic E-state index is 0.699. The third-order valence-electron chi connectivity index (χ3n) is 1.18. The van der Waals surface area contributed by atoms with E-state index in [1.165, 1.54) is 3.97 Å². The first kappa shape index (κ1) is 9.17. The number of aromatic nitrogens is 1. The topological polar surface area (TPSA) is 54.3 Å². The fraction of sp³-hybridized carbons (Fsp3) is 0.200. The average molecular weight is 286 g/mol. The van der Waals surface area contributed by atoms with Crippen LogP contribution in [-0.4, -0.2) is 12.7 Å². The molecular weight excluding hydrogens is 279 g/mol. The van der Waals surface area contributed by atoms with Gasteiger partial charge in [0.1, 0.15) is 0 Å². The Hall–Kier alpha value is 0.0800. The third kappa shape index (κ3) is 2.55. The Morgan fingerprint density at radius 2 is 2.55 bits per heavy atom. The maximum Gasteiger partial charge on any atom is 0.265 e. The van der Waals surface area contributed by atoms with Crippen LogP contribution in [0.4, 0.5) is 0 Å². The van der Waals surface area contributed by atoms with Gasteiger partial charge in [0.05, 0.1) is 0 Å². The molecule has 0 amide bonds. The van der Waals surface area contributed by atoms with Crippen LogP contribution < -0.4 is 3.53 Å². The van der Waals surface area contributed by atoms with Crippen molar-refractivity contribution < 1.29 is 8.76 Å². The summed E-state index contributed by atoms with van der Waals surface area (Å²) in [6, 6.07) is 1.79. The lowest BCUT2D eigenvalue weighted by Gasteiger charge is -1.92. The van der Waals surface area contributed by atoms with E-state index in [2.05, 4.69) is 3.53 Å². The summed E-state index contributed by atoms with van der Waals surface area (Å²) in [5.74, 6) is 0. The van der Waals surface area contributed by atoms with Crippen molar-refractivity contribution in [3.05, 3.63) is 24.0 Å². The molecule has 0 bridgehead atoms. The number of hydrogen-bond donors (Lipinski definition) is 2. The molecule has 1 unspecified atom stereocenters. The van der Waals surface area contributed by atoms with Gasteiger partial charge in [0.2, 0.25) is 0 Å². The molecule has 1 atom stereocenters. The van der Waals surface area contributed by atoms with Crippen molar-refractivity contribution in [2.75, 3.05) is 0 Å². The summed E-state index contributed by atoms with van der Waals surface area (Å²) < 4.78 is 23.2. The Bertz CT molecular complexity index is 263. The van der Waals surface area contributed by atoms with Crippen molar-refractivity contribution in [1.29, 1.82) is 0 Å². The summed E-state index contributed by atoms with van der Waals surface area (Å²) in [5.41, 5.74) is 0.988. The largest absolute Gasteiger partial charge is 0.289 e. The first-order valence-electron chi connectivity index (χ1n) is 2.85. The second kappa shape index (κ2) is 4.19. The van der Waals surface area contributed by atoms with Gasteiger partial charge in [-0.1, -0.05) is 0 Å². The van der Waals surface area contributed by atoms with Gasteiger partial charge < -0.3 is 0 Å². The zero-order valence-corrected chi connectivity index (χ0v) is 8.50. The van der Waals surface area contributed by atoms with Gasteiger partial charge >= 0.3 is 0 Å². The SMILES string of the molecule is O=S(O)n1ccc(CNI)c1. The third-order valence-corrected chi connectivity index (χ3v) is 2.15. The smallest absolute Gasteiger partial charge is 0.265 e. The van der Waals surface area contributed by atoms with Crippen LogP contribution in [0.25, 0.3) is 0 Å². The van der Waals surface area contributed by atoms with Crippen LogP contribution in [-0.2, 0) is 17.8 Å². The zero-order chi connectivity index (χ0) is 8.27. The molecule has 2 N–H and O–H groups in total. The lowest BCUT2D eigenvalue weighted by molar-refractivity contribution is 0.555. The van der Waals surface area contributed by atoms with Crippen molar-refractivity contribution in [2.45, 2.75) is 6.54 Å². The molecule has 11 heavy (non-hydrogen) atoms. The minimum atomic E-state index is -1.93. The molecule has 0 aliphatic heterocycles. The summed E-state index contributed by atoms with van der Waals surface area (Å²) in [5, 5.41) is 0. The first-order valence-corrected chi connectivity index (χ1v) is 5.00. The molecule has 1 heterocycles. The van der Waals surface area contributed by atoms with E-state index >= 15 is 0 Å². The molecular formula is C5H7IN2O2S. The van der Waals surface area contributed by atoms with E-state index in [1.54, 1.807) is 18.5 Å². The number of rotatable bonds is 3.